The van der Waals surface area contributed by atoms with E-state index in [2.05, 4.69) is 10.4 Å². The minimum atomic E-state index is -0.477. The quantitative estimate of drug-likeness (QED) is 0.900. The van der Waals surface area contributed by atoms with Crippen LogP contribution >= 0.6 is 0 Å². The van der Waals surface area contributed by atoms with Gasteiger partial charge in [-0.2, -0.15) is 5.10 Å². The number of ether oxygens (including phenoxy) is 1. The summed E-state index contributed by atoms with van der Waals surface area (Å²) in [5.41, 5.74) is 1.59. The fourth-order valence-electron chi connectivity index (χ4n) is 1.48. The normalized spacial score (nSPS) is 10.1. The predicted octanol–water partition coefficient (Wildman–Crippen LogP) is 2.65. The number of nitrogens with zero attached hydrogens (tertiary/aromatic N) is 2. The molecule has 2 aromatic rings. The number of anilines is 1. The standard InChI is InChI=1S/C13H15N3O2/c1-2-16-9-12(8-14-16)15-13(17)18-10-11-6-4-3-5-7-11/h3-9H,2,10H2,1H3,(H,15,17). The van der Waals surface area contributed by atoms with Crippen LogP contribution in [-0.2, 0) is 17.9 Å². The molecule has 1 aromatic heterocycles. The summed E-state index contributed by atoms with van der Waals surface area (Å²) in [6, 6.07) is 9.54. The summed E-state index contributed by atoms with van der Waals surface area (Å²) in [6.45, 7) is 3.00. The number of aryl methyl sites for hydroxylation is 1. The molecule has 0 aliphatic heterocycles. The van der Waals surface area contributed by atoms with Crippen LogP contribution in [-0.4, -0.2) is 15.9 Å². The van der Waals surface area contributed by atoms with Crippen LogP contribution in [0.4, 0.5) is 10.5 Å². The van der Waals surface area contributed by atoms with E-state index in [0.717, 1.165) is 12.1 Å². The van der Waals surface area contributed by atoms with Crippen LogP contribution in [0.5, 0.6) is 0 Å². The first-order valence-corrected chi connectivity index (χ1v) is 5.78. The van der Waals surface area contributed by atoms with E-state index in [1.54, 1.807) is 17.1 Å². The molecule has 1 N–H and O–H groups in total. The maximum Gasteiger partial charge on any atom is 0.412 e. The van der Waals surface area contributed by atoms with Crippen molar-refractivity contribution in [3.05, 3.63) is 48.3 Å². The highest BCUT2D eigenvalue weighted by molar-refractivity contribution is 5.84. The minimum Gasteiger partial charge on any atom is -0.444 e. The molecule has 5 nitrogen and oxygen atoms in total. The summed E-state index contributed by atoms with van der Waals surface area (Å²) in [6.07, 6.45) is 2.87. The molecule has 0 saturated heterocycles. The van der Waals surface area contributed by atoms with Gasteiger partial charge in [-0.15, -0.1) is 0 Å². The number of hydrogen-bond acceptors (Lipinski definition) is 3. The Labute approximate surface area is 105 Å². The summed E-state index contributed by atoms with van der Waals surface area (Å²) >= 11 is 0. The van der Waals surface area contributed by atoms with Gasteiger partial charge in [-0.1, -0.05) is 30.3 Å². The highest BCUT2D eigenvalue weighted by Crippen LogP contribution is 2.06. The summed E-state index contributed by atoms with van der Waals surface area (Å²) in [7, 11) is 0. The second-order valence-electron chi connectivity index (χ2n) is 3.77. The molecule has 0 aliphatic rings. The Morgan fingerprint density at radius 1 is 1.39 bits per heavy atom. The molecule has 1 aromatic carbocycles. The number of benzene rings is 1. The molecule has 0 bridgehead atoms. The van der Waals surface area contributed by atoms with E-state index in [0.29, 0.717) is 5.69 Å². The molecule has 1 heterocycles. The summed E-state index contributed by atoms with van der Waals surface area (Å²) < 4.78 is 6.82. The third-order valence-electron chi connectivity index (χ3n) is 2.42. The van der Waals surface area contributed by atoms with Crippen LogP contribution in [0.1, 0.15) is 12.5 Å². The fraction of sp³-hybridized carbons (Fsp3) is 0.231. The van der Waals surface area contributed by atoms with E-state index in [-0.39, 0.29) is 6.61 Å². The van der Waals surface area contributed by atoms with Gasteiger partial charge in [0, 0.05) is 12.7 Å². The topological polar surface area (TPSA) is 56.2 Å². The first-order valence-electron chi connectivity index (χ1n) is 5.78. The molecular formula is C13H15N3O2. The molecule has 18 heavy (non-hydrogen) atoms. The lowest BCUT2D eigenvalue weighted by Crippen LogP contribution is -2.13. The zero-order valence-electron chi connectivity index (χ0n) is 10.2. The van der Waals surface area contributed by atoms with Crippen molar-refractivity contribution in [2.75, 3.05) is 5.32 Å². The molecular weight excluding hydrogens is 230 g/mol. The Hall–Kier alpha value is -2.30. The van der Waals surface area contributed by atoms with Gasteiger partial charge in [0.25, 0.3) is 0 Å². The van der Waals surface area contributed by atoms with Crippen molar-refractivity contribution in [3.63, 3.8) is 0 Å². The Bertz CT molecular complexity index is 508. The molecule has 2 rings (SSSR count). The van der Waals surface area contributed by atoms with Crippen LogP contribution in [0.3, 0.4) is 0 Å². The predicted molar refractivity (Wildman–Crippen MR) is 68.2 cm³/mol. The van der Waals surface area contributed by atoms with E-state index in [1.165, 1.54) is 0 Å². The molecule has 0 radical (unpaired) electrons. The fourth-order valence-corrected chi connectivity index (χ4v) is 1.48. The number of rotatable bonds is 4. The first kappa shape index (κ1) is 12.2. The molecule has 1 amide bonds. The molecule has 0 unspecified atom stereocenters. The highest BCUT2D eigenvalue weighted by Gasteiger charge is 2.05. The zero-order valence-corrected chi connectivity index (χ0v) is 10.2. The average molecular weight is 245 g/mol. The number of nitrogens with one attached hydrogen (secondary N) is 1. The lowest BCUT2D eigenvalue weighted by molar-refractivity contribution is 0.155. The van der Waals surface area contributed by atoms with Gasteiger partial charge in [0.1, 0.15) is 6.61 Å². The zero-order chi connectivity index (χ0) is 12.8. The van der Waals surface area contributed by atoms with Crippen molar-refractivity contribution in [2.24, 2.45) is 0 Å². The lowest BCUT2D eigenvalue weighted by atomic mass is 10.2. The van der Waals surface area contributed by atoms with E-state index < -0.39 is 6.09 Å². The highest BCUT2D eigenvalue weighted by atomic mass is 16.5. The van der Waals surface area contributed by atoms with Crippen LogP contribution in [0.25, 0.3) is 0 Å². The van der Waals surface area contributed by atoms with Gasteiger partial charge in [-0.05, 0) is 12.5 Å². The number of aromatic nitrogens is 2. The second kappa shape index (κ2) is 5.86. The summed E-state index contributed by atoms with van der Waals surface area (Å²) in [5.74, 6) is 0. The van der Waals surface area contributed by atoms with Crippen LogP contribution in [0.15, 0.2) is 42.7 Å². The van der Waals surface area contributed by atoms with Crippen molar-refractivity contribution in [1.82, 2.24) is 9.78 Å². The first-order chi connectivity index (χ1) is 8.78. The summed E-state index contributed by atoms with van der Waals surface area (Å²) in [4.78, 5) is 11.5. The van der Waals surface area contributed by atoms with Crippen molar-refractivity contribution in [3.8, 4) is 0 Å². The minimum absolute atomic E-state index is 0.259. The second-order valence-corrected chi connectivity index (χ2v) is 3.77. The smallest absolute Gasteiger partial charge is 0.412 e. The molecule has 0 aliphatic carbocycles. The maximum atomic E-state index is 11.5. The van der Waals surface area contributed by atoms with Crippen molar-refractivity contribution < 1.29 is 9.53 Å². The van der Waals surface area contributed by atoms with E-state index in [9.17, 15) is 4.79 Å². The Morgan fingerprint density at radius 3 is 2.83 bits per heavy atom. The Morgan fingerprint density at radius 2 is 2.17 bits per heavy atom. The SMILES string of the molecule is CCn1cc(NC(=O)OCc2ccccc2)cn1. The van der Waals surface area contributed by atoms with E-state index in [4.69, 9.17) is 4.74 Å². The third-order valence-corrected chi connectivity index (χ3v) is 2.42. The molecule has 0 saturated carbocycles. The van der Waals surface area contributed by atoms with Crippen molar-refractivity contribution >= 4 is 11.8 Å². The molecule has 0 spiro atoms. The molecule has 5 heteroatoms. The van der Waals surface area contributed by atoms with Crippen molar-refractivity contribution in [2.45, 2.75) is 20.1 Å². The Kier molecular flexibility index (Phi) is 3.96. The molecule has 0 atom stereocenters. The largest absolute Gasteiger partial charge is 0.444 e. The average Bonchev–Trinajstić information content (AvgIpc) is 2.85. The van der Waals surface area contributed by atoms with Gasteiger partial charge in [0.05, 0.1) is 11.9 Å². The monoisotopic (exact) mass is 245 g/mol. The number of carbonyl (C=O) groups is 1. The maximum absolute atomic E-state index is 11.5. The van der Waals surface area contributed by atoms with Gasteiger partial charge in [0.2, 0.25) is 0 Å². The van der Waals surface area contributed by atoms with Crippen LogP contribution < -0.4 is 5.32 Å². The molecule has 0 fully saturated rings. The number of hydrogen-bond donors (Lipinski definition) is 1. The third kappa shape index (κ3) is 3.35. The lowest BCUT2D eigenvalue weighted by Gasteiger charge is -2.05. The van der Waals surface area contributed by atoms with Gasteiger partial charge < -0.3 is 4.74 Å². The van der Waals surface area contributed by atoms with Gasteiger partial charge in [-0.25, -0.2) is 4.79 Å². The van der Waals surface area contributed by atoms with Crippen LogP contribution in [0.2, 0.25) is 0 Å². The Balaban J connectivity index is 1.82. The van der Waals surface area contributed by atoms with Gasteiger partial charge >= 0.3 is 6.09 Å². The van der Waals surface area contributed by atoms with Gasteiger partial charge in [0.15, 0.2) is 0 Å². The number of carbonyl (C=O) groups excluding carboxylic acids is 1. The van der Waals surface area contributed by atoms with Gasteiger partial charge in [-0.3, -0.25) is 10.00 Å². The van der Waals surface area contributed by atoms with Crippen LogP contribution in [0, 0.1) is 0 Å². The van der Waals surface area contributed by atoms with E-state index in [1.807, 2.05) is 37.3 Å². The van der Waals surface area contributed by atoms with Crippen molar-refractivity contribution in [1.29, 1.82) is 0 Å². The van der Waals surface area contributed by atoms with E-state index >= 15 is 0 Å². The number of amides is 1. The molecule has 94 valence electrons. The summed E-state index contributed by atoms with van der Waals surface area (Å²) in [5, 5.41) is 6.67.